The summed E-state index contributed by atoms with van der Waals surface area (Å²) in [6.07, 6.45) is 4.00. The molecule has 0 amide bonds. The summed E-state index contributed by atoms with van der Waals surface area (Å²) in [5, 5.41) is 9.39. The molecule has 0 spiro atoms. The van der Waals surface area contributed by atoms with Crippen molar-refractivity contribution in [2.24, 2.45) is 0 Å². The molecule has 0 saturated carbocycles. The van der Waals surface area contributed by atoms with E-state index >= 15 is 0 Å². The highest BCUT2D eigenvalue weighted by Gasteiger charge is 2.06. The second-order valence-electron chi connectivity index (χ2n) is 4.24. The monoisotopic (exact) mass is 218 g/mol. The first-order valence-corrected chi connectivity index (χ1v) is 5.67. The molecule has 0 N–H and O–H groups in total. The normalized spacial score (nSPS) is 11.5. The van der Waals surface area contributed by atoms with E-state index in [2.05, 4.69) is 53.8 Å². The van der Waals surface area contributed by atoms with Crippen molar-refractivity contribution in [3.8, 4) is 0 Å². The highest BCUT2D eigenvalue weighted by Crippen LogP contribution is 2.27. The average molecular weight is 218 g/mol. The van der Waals surface area contributed by atoms with Gasteiger partial charge in [0.2, 0.25) is 0 Å². The quantitative estimate of drug-likeness (QED) is 0.440. The summed E-state index contributed by atoms with van der Waals surface area (Å²) in [4.78, 5) is 0. The topological polar surface area (TPSA) is 17.3 Å². The minimum absolute atomic E-state index is 1.18. The molecule has 4 aromatic rings. The molecule has 2 heterocycles. The molecule has 4 rings (SSSR count). The van der Waals surface area contributed by atoms with Crippen LogP contribution in [0.15, 0.2) is 60.9 Å². The Morgan fingerprint density at radius 3 is 2.24 bits per heavy atom. The molecule has 80 valence electrons. The van der Waals surface area contributed by atoms with Crippen LogP contribution in [0.1, 0.15) is 0 Å². The third-order valence-corrected chi connectivity index (χ3v) is 3.24. The number of aromatic nitrogens is 2. The molecule has 0 aliphatic rings. The Labute approximate surface area is 98.1 Å². The number of fused-ring (bicyclic) bond motifs is 5. The molecular weight excluding hydrogens is 208 g/mol. The molecule has 0 atom stereocenters. The Kier molecular flexibility index (Phi) is 1.59. The van der Waals surface area contributed by atoms with Gasteiger partial charge in [-0.2, -0.15) is 5.10 Å². The Hall–Kier alpha value is -2.35. The van der Waals surface area contributed by atoms with Crippen LogP contribution in [-0.4, -0.2) is 9.61 Å². The van der Waals surface area contributed by atoms with Gasteiger partial charge in [-0.25, -0.2) is 4.52 Å². The molecule has 0 aliphatic heterocycles. The largest absolute Gasteiger partial charge is 0.239 e. The fourth-order valence-corrected chi connectivity index (χ4v) is 2.45. The van der Waals surface area contributed by atoms with Crippen LogP contribution in [0.4, 0.5) is 0 Å². The van der Waals surface area contributed by atoms with Crippen LogP contribution in [0.2, 0.25) is 0 Å². The SMILES string of the molecule is c1ccc2c(c1)cnn1cc3ccccc3c21. The van der Waals surface area contributed by atoms with E-state index in [4.69, 9.17) is 0 Å². The van der Waals surface area contributed by atoms with E-state index in [1.165, 1.54) is 27.1 Å². The van der Waals surface area contributed by atoms with Gasteiger partial charge in [-0.05, 0) is 0 Å². The lowest BCUT2D eigenvalue weighted by Gasteiger charge is -2.00. The second-order valence-corrected chi connectivity index (χ2v) is 4.24. The van der Waals surface area contributed by atoms with E-state index in [1.54, 1.807) is 0 Å². The predicted octanol–water partition coefficient (Wildman–Crippen LogP) is 3.64. The molecule has 0 fully saturated rings. The fourth-order valence-electron chi connectivity index (χ4n) is 2.45. The Morgan fingerprint density at radius 1 is 0.765 bits per heavy atom. The van der Waals surface area contributed by atoms with E-state index < -0.39 is 0 Å². The third kappa shape index (κ3) is 1.12. The lowest BCUT2D eigenvalue weighted by atomic mass is 10.1. The maximum atomic E-state index is 4.46. The van der Waals surface area contributed by atoms with Crippen molar-refractivity contribution in [1.82, 2.24) is 9.61 Å². The minimum Gasteiger partial charge on any atom is -0.239 e. The van der Waals surface area contributed by atoms with Crippen molar-refractivity contribution in [2.75, 3.05) is 0 Å². The van der Waals surface area contributed by atoms with Gasteiger partial charge in [0.15, 0.2) is 0 Å². The van der Waals surface area contributed by atoms with Gasteiger partial charge in [0, 0.05) is 27.7 Å². The lowest BCUT2D eigenvalue weighted by molar-refractivity contribution is 0.956. The van der Waals surface area contributed by atoms with E-state index in [-0.39, 0.29) is 0 Å². The second kappa shape index (κ2) is 3.08. The molecule has 0 saturated heterocycles. The van der Waals surface area contributed by atoms with Crippen LogP contribution in [0.25, 0.3) is 27.1 Å². The summed E-state index contributed by atoms with van der Waals surface area (Å²) in [7, 11) is 0. The summed E-state index contributed by atoms with van der Waals surface area (Å²) < 4.78 is 1.97. The molecule has 2 aromatic carbocycles. The van der Waals surface area contributed by atoms with Crippen molar-refractivity contribution in [3.63, 3.8) is 0 Å². The van der Waals surface area contributed by atoms with Crippen LogP contribution in [0.3, 0.4) is 0 Å². The molecule has 0 radical (unpaired) electrons. The maximum absolute atomic E-state index is 4.46. The van der Waals surface area contributed by atoms with Crippen LogP contribution in [0, 0.1) is 0 Å². The predicted molar refractivity (Wildman–Crippen MR) is 70.2 cm³/mol. The number of rotatable bonds is 0. The molecule has 0 aliphatic carbocycles. The Morgan fingerprint density at radius 2 is 1.41 bits per heavy atom. The summed E-state index contributed by atoms with van der Waals surface area (Å²) in [6, 6.07) is 16.8. The van der Waals surface area contributed by atoms with Gasteiger partial charge >= 0.3 is 0 Å². The molecule has 17 heavy (non-hydrogen) atoms. The molecule has 2 aromatic heterocycles. The van der Waals surface area contributed by atoms with Gasteiger partial charge in [0.1, 0.15) is 0 Å². The first kappa shape index (κ1) is 8.76. The van der Waals surface area contributed by atoms with Crippen LogP contribution in [0.5, 0.6) is 0 Å². The summed E-state index contributed by atoms with van der Waals surface area (Å²) in [6.45, 7) is 0. The van der Waals surface area contributed by atoms with Crippen LogP contribution in [-0.2, 0) is 0 Å². The first-order valence-electron chi connectivity index (χ1n) is 5.67. The molecular formula is C15H10N2. The first-order chi connectivity index (χ1) is 8.43. The van der Waals surface area contributed by atoms with Crippen molar-refractivity contribution >= 4 is 27.1 Å². The Bertz CT molecular complexity index is 837. The molecule has 0 bridgehead atoms. The zero-order valence-corrected chi connectivity index (χ0v) is 9.17. The number of nitrogens with zero attached hydrogens (tertiary/aromatic N) is 2. The van der Waals surface area contributed by atoms with E-state index in [0.29, 0.717) is 0 Å². The van der Waals surface area contributed by atoms with Crippen molar-refractivity contribution < 1.29 is 0 Å². The minimum atomic E-state index is 1.18. The van der Waals surface area contributed by atoms with Crippen molar-refractivity contribution in [2.45, 2.75) is 0 Å². The van der Waals surface area contributed by atoms with E-state index in [0.717, 1.165) is 0 Å². The summed E-state index contributed by atoms with van der Waals surface area (Å²) in [5.74, 6) is 0. The molecule has 2 nitrogen and oxygen atoms in total. The van der Waals surface area contributed by atoms with Crippen LogP contribution >= 0.6 is 0 Å². The zero-order chi connectivity index (χ0) is 11.2. The van der Waals surface area contributed by atoms with Gasteiger partial charge in [-0.1, -0.05) is 48.5 Å². The van der Waals surface area contributed by atoms with Gasteiger partial charge in [0.25, 0.3) is 0 Å². The fraction of sp³-hybridized carbons (Fsp3) is 0. The average Bonchev–Trinajstić information content (AvgIpc) is 2.77. The van der Waals surface area contributed by atoms with Gasteiger partial charge in [0.05, 0.1) is 11.7 Å². The van der Waals surface area contributed by atoms with E-state index in [9.17, 15) is 0 Å². The lowest BCUT2D eigenvalue weighted by Crippen LogP contribution is -1.88. The highest BCUT2D eigenvalue weighted by atomic mass is 15.2. The number of hydrogen-bond acceptors (Lipinski definition) is 1. The van der Waals surface area contributed by atoms with Gasteiger partial charge in [-0.15, -0.1) is 0 Å². The zero-order valence-electron chi connectivity index (χ0n) is 9.17. The molecule has 0 unspecified atom stereocenters. The van der Waals surface area contributed by atoms with Crippen molar-refractivity contribution in [1.29, 1.82) is 0 Å². The van der Waals surface area contributed by atoms with Gasteiger partial charge in [-0.3, -0.25) is 0 Å². The standard InChI is InChI=1S/C15H10N2/c1-3-7-13-11(5-1)9-16-17-10-12-6-2-4-8-14(12)15(13)17/h1-10H. The summed E-state index contributed by atoms with van der Waals surface area (Å²) in [5.41, 5.74) is 1.19. The summed E-state index contributed by atoms with van der Waals surface area (Å²) >= 11 is 0. The number of hydrogen-bond donors (Lipinski definition) is 0. The van der Waals surface area contributed by atoms with Crippen molar-refractivity contribution in [3.05, 3.63) is 60.9 Å². The third-order valence-electron chi connectivity index (χ3n) is 3.24. The van der Waals surface area contributed by atoms with Gasteiger partial charge < -0.3 is 0 Å². The van der Waals surface area contributed by atoms with Crippen LogP contribution < -0.4 is 0 Å². The smallest absolute Gasteiger partial charge is 0.0803 e. The van der Waals surface area contributed by atoms with E-state index in [1.807, 2.05) is 16.8 Å². The number of benzene rings is 2. The molecule has 2 heteroatoms. The highest BCUT2D eigenvalue weighted by molar-refractivity contribution is 6.10. The maximum Gasteiger partial charge on any atom is 0.0803 e. The Balaban J connectivity index is 2.38.